The molecule has 0 saturated carbocycles. The van der Waals surface area contributed by atoms with Gasteiger partial charge in [-0.2, -0.15) is 5.10 Å². The standard InChI is InChI=1S/C14H19N5O/c1-14(2,3)11(15)13(20)18-10-6-4-7-16-12(10)19-9-5-8-17-19/h4-9,11H,15H2,1-3H3,(H,18,20)/t11-/m0/s1. The molecule has 2 heterocycles. The van der Waals surface area contributed by atoms with Crippen molar-refractivity contribution in [2.24, 2.45) is 11.1 Å². The van der Waals surface area contributed by atoms with E-state index in [9.17, 15) is 4.79 Å². The molecular weight excluding hydrogens is 254 g/mol. The molecule has 0 saturated heterocycles. The molecular formula is C14H19N5O. The number of nitrogens with one attached hydrogen (secondary N) is 1. The summed E-state index contributed by atoms with van der Waals surface area (Å²) < 4.78 is 1.60. The predicted octanol–water partition coefficient (Wildman–Crippen LogP) is 1.58. The number of carbonyl (C=O) groups is 1. The topological polar surface area (TPSA) is 85.8 Å². The first kappa shape index (κ1) is 14.2. The Bertz CT molecular complexity index is 586. The zero-order chi connectivity index (χ0) is 14.8. The first-order valence-electron chi connectivity index (χ1n) is 6.41. The van der Waals surface area contributed by atoms with Crippen molar-refractivity contribution in [1.82, 2.24) is 14.8 Å². The van der Waals surface area contributed by atoms with Crippen LogP contribution in [0.3, 0.4) is 0 Å². The summed E-state index contributed by atoms with van der Waals surface area (Å²) in [4.78, 5) is 16.4. The van der Waals surface area contributed by atoms with Crippen LogP contribution in [0.25, 0.3) is 5.82 Å². The fraction of sp³-hybridized carbons (Fsp3) is 0.357. The number of pyridine rings is 1. The van der Waals surface area contributed by atoms with Gasteiger partial charge in [0.05, 0.1) is 11.7 Å². The van der Waals surface area contributed by atoms with E-state index in [1.54, 1.807) is 41.5 Å². The molecule has 0 bridgehead atoms. The Labute approximate surface area is 118 Å². The van der Waals surface area contributed by atoms with Crippen molar-refractivity contribution in [3.05, 3.63) is 36.8 Å². The van der Waals surface area contributed by atoms with E-state index in [1.807, 2.05) is 20.8 Å². The number of anilines is 1. The Kier molecular flexibility index (Phi) is 3.85. The number of rotatable bonds is 3. The smallest absolute Gasteiger partial charge is 0.241 e. The van der Waals surface area contributed by atoms with E-state index < -0.39 is 6.04 Å². The number of aromatic nitrogens is 3. The van der Waals surface area contributed by atoms with E-state index in [1.165, 1.54) is 0 Å². The van der Waals surface area contributed by atoms with Crippen molar-refractivity contribution in [1.29, 1.82) is 0 Å². The van der Waals surface area contributed by atoms with Gasteiger partial charge in [-0.05, 0) is 23.6 Å². The van der Waals surface area contributed by atoms with Gasteiger partial charge in [-0.25, -0.2) is 9.67 Å². The van der Waals surface area contributed by atoms with Gasteiger partial charge in [0.1, 0.15) is 0 Å². The zero-order valence-electron chi connectivity index (χ0n) is 11.9. The maximum absolute atomic E-state index is 12.2. The number of hydrogen-bond donors (Lipinski definition) is 2. The third kappa shape index (κ3) is 3.03. The Hall–Kier alpha value is -2.21. The van der Waals surface area contributed by atoms with Gasteiger partial charge in [0.25, 0.3) is 0 Å². The van der Waals surface area contributed by atoms with E-state index >= 15 is 0 Å². The van der Waals surface area contributed by atoms with Crippen molar-refractivity contribution in [2.45, 2.75) is 26.8 Å². The largest absolute Gasteiger partial charge is 0.322 e. The maximum atomic E-state index is 12.2. The minimum Gasteiger partial charge on any atom is -0.322 e. The molecule has 0 aromatic carbocycles. The van der Waals surface area contributed by atoms with Gasteiger partial charge in [0.15, 0.2) is 5.82 Å². The molecule has 0 aliphatic carbocycles. The highest BCUT2D eigenvalue weighted by atomic mass is 16.2. The number of nitrogens with two attached hydrogens (primary N) is 1. The minimum absolute atomic E-state index is 0.237. The van der Waals surface area contributed by atoms with Crippen LogP contribution < -0.4 is 11.1 Å². The molecule has 0 unspecified atom stereocenters. The molecule has 0 aliphatic rings. The lowest BCUT2D eigenvalue weighted by Gasteiger charge is -2.26. The van der Waals surface area contributed by atoms with Gasteiger partial charge < -0.3 is 11.1 Å². The van der Waals surface area contributed by atoms with Crippen molar-refractivity contribution >= 4 is 11.6 Å². The van der Waals surface area contributed by atoms with E-state index in [-0.39, 0.29) is 11.3 Å². The summed E-state index contributed by atoms with van der Waals surface area (Å²) in [6, 6.07) is 4.72. The highest BCUT2D eigenvalue weighted by molar-refractivity contribution is 5.96. The average Bonchev–Trinajstić information content (AvgIpc) is 2.91. The molecule has 1 atom stereocenters. The second kappa shape index (κ2) is 5.42. The van der Waals surface area contributed by atoms with Crippen LogP contribution in [-0.2, 0) is 4.79 Å². The molecule has 0 radical (unpaired) electrons. The van der Waals surface area contributed by atoms with Crippen LogP contribution in [-0.4, -0.2) is 26.7 Å². The molecule has 0 spiro atoms. The third-order valence-electron chi connectivity index (χ3n) is 2.98. The molecule has 0 aliphatic heterocycles. The Morgan fingerprint density at radius 1 is 1.35 bits per heavy atom. The summed E-state index contributed by atoms with van der Waals surface area (Å²) in [5.74, 6) is 0.325. The molecule has 6 nitrogen and oxygen atoms in total. The highest BCUT2D eigenvalue weighted by Crippen LogP contribution is 2.21. The van der Waals surface area contributed by atoms with E-state index in [4.69, 9.17) is 5.73 Å². The fourth-order valence-corrected chi connectivity index (χ4v) is 1.67. The molecule has 2 aromatic rings. The maximum Gasteiger partial charge on any atom is 0.241 e. The van der Waals surface area contributed by atoms with Crippen LogP contribution in [0.5, 0.6) is 0 Å². The zero-order valence-corrected chi connectivity index (χ0v) is 11.9. The third-order valence-corrected chi connectivity index (χ3v) is 2.98. The van der Waals surface area contributed by atoms with Gasteiger partial charge in [0.2, 0.25) is 5.91 Å². The van der Waals surface area contributed by atoms with Gasteiger partial charge in [0, 0.05) is 18.6 Å². The van der Waals surface area contributed by atoms with Crippen LogP contribution >= 0.6 is 0 Å². The second-order valence-corrected chi connectivity index (χ2v) is 5.66. The van der Waals surface area contributed by atoms with Crippen molar-refractivity contribution < 1.29 is 4.79 Å². The van der Waals surface area contributed by atoms with Crippen molar-refractivity contribution in [2.75, 3.05) is 5.32 Å². The summed E-state index contributed by atoms with van der Waals surface area (Å²) in [6.45, 7) is 5.78. The van der Waals surface area contributed by atoms with E-state index in [2.05, 4.69) is 15.4 Å². The van der Waals surface area contributed by atoms with Crippen molar-refractivity contribution in [3.8, 4) is 5.82 Å². The lowest BCUT2D eigenvalue weighted by Crippen LogP contribution is -2.45. The van der Waals surface area contributed by atoms with Crippen molar-refractivity contribution in [3.63, 3.8) is 0 Å². The predicted molar refractivity (Wildman–Crippen MR) is 77.4 cm³/mol. The SMILES string of the molecule is CC(C)(C)[C@@H](N)C(=O)Nc1cccnc1-n1cccn1. The number of carbonyl (C=O) groups excluding carboxylic acids is 1. The quantitative estimate of drug-likeness (QED) is 0.889. The van der Waals surface area contributed by atoms with E-state index in [0.717, 1.165) is 0 Å². The fourth-order valence-electron chi connectivity index (χ4n) is 1.67. The summed E-state index contributed by atoms with van der Waals surface area (Å²) >= 11 is 0. The van der Waals surface area contributed by atoms with Crippen LogP contribution in [0.4, 0.5) is 5.69 Å². The Morgan fingerprint density at radius 2 is 2.10 bits per heavy atom. The van der Waals surface area contributed by atoms with Crippen LogP contribution in [0.15, 0.2) is 36.8 Å². The molecule has 106 valence electrons. The normalized spacial score (nSPS) is 13.0. The summed E-state index contributed by atoms with van der Waals surface area (Å²) in [6.07, 6.45) is 5.07. The summed E-state index contributed by atoms with van der Waals surface area (Å²) in [7, 11) is 0. The summed E-state index contributed by atoms with van der Waals surface area (Å²) in [5.41, 5.74) is 6.23. The monoisotopic (exact) mass is 273 g/mol. The molecule has 1 amide bonds. The Balaban J connectivity index is 2.25. The van der Waals surface area contributed by atoms with Gasteiger partial charge in [-0.15, -0.1) is 0 Å². The minimum atomic E-state index is -0.604. The number of nitrogens with zero attached hydrogens (tertiary/aromatic N) is 3. The van der Waals surface area contributed by atoms with Crippen LogP contribution in [0.2, 0.25) is 0 Å². The lowest BCUT2D eigenvalue weighted by molar-refractivity contribution is -0.119. The molecule has 6 heteroatoms. The number of amides is 1. The first-order valence-corrected chi connectivity index (χ1v) is 6.41. The lowest BCUT2D eigenvalue weighted by atomic mass is 9.87. The molecule has 20 heavy (non-hydrogen) atoms. The molecule has 2 aromatic heterocycles. The molecule has 0 fully saturated rings. The summed E-state index contributed by atoms with van der Waals surface area (Å²) in [5, 5.41) is 6.94. The van der Waals surface area contributed by atoms with Gasteiger partial charge in [-0.1, -0.05) is 20.8 Å². The second-order valence-electron chi connectivity index (χ2n) is 5.66. The molecule has 2 rings (SSSR count). The van der Waals surface area contributed by atoms with Crippen LogP contribution in [0, 0.1) is 5.41 Å². The van der Waals surface area contributed by atoms with Gasteiger partial charge >= 0.3 is 0 Å². The van der Waals surface area contributed by atoms with Gasteiger partial charge in [-0.3, -0.25) is 4.79 Å². The highest BCUT2D eigenvalue weighted by Gasteiger charge is 2.28. The number of hydrogen-bond acceptors (Lipinski definition) is 4. The Morgan fingerprint density at radius 3 is 2.70 bits per heavy atom. The molecule has 3 N–H and O–H groups in total. The first-order chi connectivity index (χ1) is 9.39. The van der Waals surface area contributed by atoms with E-state index in [0.29, 0.717) is 11.5 Å². The van der Waals surface area contributed by atoms with Crippen LogP contribution in [0.1, 0.15) is 20.8 Å². The average molecular weight is 273 g/mol.